The number of amides is 1. The lowest BCUT2D eigenvalue weighted by molar-refractivity contribution is -0.120. The summed E-state index contributed by atoms with van der Waals surface area (Å²) in [6.07, 6.45) is 1.16. The van der Waals surface area contributed by atoms with Gasteiger partial charge in [-0.25, -0.2) is 9.50 Å². The van der Waals surface area contributed by atoms with Gasteiger partial charge in [0.15, 0.2) is 5.65 Å². The quantitative estimate of drug-likeness (QED) is 0.805. The van der Waals surface area contributed by atoms with Crippen LogP contribution in [0, 0.1) is 13.8 Å². The Kier molecular flexibility index (Phi) is 3.79. The van der Waals surface area contributed by atoms with Crippen molar-refractivity contribution in [3.63, 3.8) is 0 Å². The molecule has 1 N–H and O–H groups in total. The Balaban J connectivity index is 2.04. The van der Waals surface area contributed by atoms with Crippen LogP contribution in [0.15, 0.2) is 24.3 Å². The standard InChI is InChI=1S/C17H20N4O/c1-4-18-16(22)10-9-13-11(2)19-17-14-7-5-6-8-15(14)20-21(17)12(13)3/h5-8H,4,9-10H2,1-3H3,(H,18,22). The summed E-state index contributed by atoms with van der Waals surface area (Å²) >= 11 is 0. The van der Waals surface area contributed by atoms with Gasteiger partial charge < -0.3 is 5.32 Å². The van der Waals surface area contributed by atoms with Gasteiger partial charge in [0.05, 0.1) is 5.52 Å². The van der Waals surface area contributed by atoms with Crippen LogP contribution in [-0.4, -0.2) is 27.0 Å². The molecule has 0 spiro atoms. The topological polar surface area (TPSA) is 59.3 Å². The Morgan fingerprint density at radius 1 is 1.27 bits per heavy atom. The summed E-state index contributed by atoms with van der Waals surface area (Å²) in [6.45, 7) is 6.64. The summed E-state index contributed by atoms with van der Waals surface area (Å²) < 4.78 is 1.89. The minimum atomic E-state index is 0.0759. The first kappa shape index (κ1) is 14.5. The molecule has 3 aromatic rings. The normalized spacial score (nSPS) is 11.2. The van der Waals surface area contributed by atoms with Crippen molar-refractivity contribution in [2.45, 2.75) is 33.6 Å². The van der Waals surface area contributed by atoms with Gasteiger partial charge in [0.1, 0.15) is 0 Å². The molecule has 1 aromatic carbocycles. The van der Waals surface area contributed by atoms with Gasteiger partial charge in [-0.3, -0.25) is 4.79 Å². The third-order valence-electron chi connectivity index (χ3n) is 3.99. The number of aryl methyl sites for hydroxylation is 2. The summed E-state index contributed by atoms with van der Waals surface area (Å²) in [5.41, 5.74) is 4.96. The van der Waals surface area contributed by atoms with Crippen LogP contribution in [0.1, 0.15) is 30.3 Å². The van der Waals surface area contributed by atoms with E-state index in [0.29, 0.717) is 19.4 Å². The maximum Gasteiger partial charge on any atom is 0.220 e. The molecule has 0 saturated carbocycles. The zero-order valence-electron chi connectivity index (χ0n) is 13.2. The Bertz CT molecular complexity index is 851. The van der Waals surface area contributed by atoms with Crippen molar-refractivity contribution in [1.82, 2.24) is 19.9 Å². The average molecular weight is 296 g/mol. The van der Waals surface area contributed by atoms with Crippen molar-refractivity contribution in [2.24, 2.45) is 0 Å². The number of fused-ring (bicyclic) bond motifs is 3. The smallest absolute Gasteiger partial charge is 0.220 e. The Labute approximate surface area is 129 Å². The zero-order valence-corrected chi connectivity index (χ0v) is 13.2. The Morgan fingerprint density at radius 3 is 2.82 bits per heavy atom. The van der Waals surface area contributed by atoms with Gasteiger partial charge in [-0.1, -0.05) is 12.1 Å². The lowest BCUT2D eigenvalue weighted by atomic mass is 10.1. The summed E-state index contributed by atoms with van der Waals surface area (Å²) in [5.74, 6) is 0.0759. The van der Waals surface area contributed by atoms with E-state index in [0.717, 1.165) is 33.5 Å². The van der Waals surface area contributed by atoms with E-state index in [-0.39, 0.29) is 5.91 Å². The van der Waals surface area contributed by atoms with Crippen LogP contribution in [-0.2, 0) is 11.2 Å². The predicted molar refractivity (Wildman–Crippen MR) is 87.0 cm³/mol. The largest absolute Gasteiger partial charge is 0.356 e. The second kappa shape index (κ2) is 5.75. The lowest BCUT2D eigenvalue weighted by Crippen LogP contribution is -2.23. The maximum absolute atomic E-state index is 11.7. The fraction of sp³-hybridized carbons (Fsp3) is 0.353. The second-order valence-corrected chi connectivity index (χ2v) is 5.47. The number of benzene rings is 1. The van der Waals surface area contributed by atoms with Crippen molar-refractivity contribution < 1.29 is 4.79 Å². The molecular weight excluding hydrogens is 276 g/mol. The van der Waals surface area contributed by atoms with E-state index in [2.05, 4.69) is 10.4 Å². The SMILES string of the molecule is CCNC(=O)CCc1c(C)nc2c3ccccc3nn2c1C. The number of hydrogen-bond acceptors (Lipinski definition) is 3. The molecule has 3 rings (SSSR count). The molecule has 0 unspecified atom stereocenters. The fourth-order valence-electron chi connectivity index (χ4n) is 2.86. The van der Waals surface area contributed by atoms with E-state index in [1.165, 1.54) is 0 Å². The first-order valence-electron chi connectivity index (χ1n) is 7.62. The molecule has 114 valence electrons. The second-order valence-electron chi connectivity index (χ2n) is 5.47. The van der Waals surface area contributed by atoms with Crippen LogP contribution in [0.3, 0.4) is 0 Å². The number of aromatic nitrogens is 3. The molecule has 22 heavy (non-hydrogen) atoms. The molecular formula is C17H20N4O. The molecule has 0 bridgehead atoms. The summed E-state index contributed by atoms with van der Waals surface area (Å²) in [5, 5.41) is 8.52. The van der Waals surface area contributed by atoms with Crippen molar-refractivity contribution in [3.8, 4) is 0 Å². The number of hydrogen-bond donors (Lipinski definition) is 1. The molecule has 1 amide bonds. The van der Waals surface area contributed by atoms with Crippen molar-refractivity contribution in [1.29, 1.82) is 0 Å². The fourth-order valence-corrected chi connectivity index (χ4v) is 2.86. The molecule has 0 saturated heterocycles. The summed E-state index contributed by atoms with van der Waals surface area (Å²) in [4.78, 5) is 16.4. The minimum absolute atomic E-state index is 0.0759. The van der Waals surface area contributed by atoms with Gasteiger partial charge in [0.2, 0.25) is 5.91 Å². The van der Waals surface area contributed by atoms with Crippen molar-refractivity contribution >= 4 is 22.5 Å². The highest BCUT2D eigenvalue weighted by Gasteiger charge is 2.14. The molecule has 5 heteroatoms. The average Bonchev–Trinajstić information content (AvgIpc) is 2.86. The molecule has 0 aliphatic heterocycles. The number of rotatable bonds is 4. The third-order valence-corrected chi connectivity index (χ3v) is 3.99. The minimum Gasteiger partial charge on any atom is -0.356 e. The van der Waals surface area contributed by atoms with E-state index < -0.39 is 0 Å². The zero-order chi connectivity index (χ0) is 15.7. The van der Waals surface area contributed by atoms with Crippen molar-refractivity contribution in [3.05, 3.63) is 41.2 Å². The first-order valence-corrected chi connectivity index (χ1v) is 7.62. The number of nitrogens with zero attached hydrogens (tertiary/aromatic N) is 3. The van der Waals surface area contributed by atoms with Crippen LogP contribution in [0.4, 0.5) is 0 Å². The van der Waals surface area contributed by atoms with Gasteiger partial charge >= 0.3 is 0 Å². The van der Waals surface area contributed by atoms with E-state index in [1.807, 2.05) is 49.6 Å². The highest BCUT2D eigenvalue weighted by molar-refractivity contribution is 5.92. The van der Waals surface area contributed by atoms with Crippen LogP contribution < -0.4 is 5.32 Å². The molecule has 0 aliphatic carbocycles. The highest BCUT2D eigenvalue weighted by atomic mass is 16.1. The molecule has 2 heterocycles. The van der Waals surface area contributed by atoms with Gasteiger partial charge in [0.25, 0.3) is 0 Å². The number of nitrogens with one attached hydrogen (secondary N) is 1. The molecule has 0 fully saturated rings. The van der Waals surface area contributed by atoms with Crippen LogP contribution in [0.5, 0.6) is 0 Å². The summed E-state index contributed by atoms with van der Waals surface area (Å²) in [6, 6.07) is 8.01. The Hall–Kier alpha value is -2.43. The third kappa shape index (κ3) is 2.43. The molecule has 0 radical (unpaired) electrons. The van der Waals surface area contributed by atoms with Crippen LogP contribution in [0.2, 0.25) is 0 Å². The molecule has 0 atom stereocenters. The number of carbonyl (C=O) groups excluding carboxylic acids is 1. The van der Waals surface area contributed by atoms with Gasteiger partial charge in [-0.15, -0.1) is 0 Å². The highest BCUT2D eigenvalue weighted by Crippen LogP contribution is 2.22. The Morgan fingerprint density at radius 2 is 2.05 bits per heavy atom. The van der Waals surface area contributed by atoms with E-state index >= 15 is 0 Å². The van der Waals surface area contributed by atoms with E-state index in [9.17, 15) is 4.79 Å². The molecule has 2 aromatic heterocycles. The van der Waals surface area contributed by atoms with Gasteiger partial charge in [0, 0.05) is 29.7 Å². The maximum atomic E-state index is 11.7. The van der Waals surface area contributed by atoms with Gasteiger partial charge in [-0.2, -0.15) is 5.10 Å². The first-order chi connectivity index (χ1) is 10.6. The summed E-state index contributed by atoms with van der Waals surface area (Å²) in [7, 11) is 0. The van der Waals surface area contributed by atoms with E-state index in [1.54, 1.807) is 0 Å². The van der Waals surface area contributed by atoms with Crippen LogP contribution in [0.25, 0.3) is 16.6 Å². The predicted octanol–water partition coefficient (Wildman–Crippen LogP) is 2.57. The van der Waals surface area contributed by atoms with Crippen LogP contribution >= 0.6 is 0 Å². The van der Waals surface area contributed by atoms with Gasteiger partial charge in [-0.05, 0) is 44.9 Å². The van der Waals surface area contributed by atoms with E-state index in [4.69, 9.17) is 4.98 Å². The van der Waals surface area contributed by atoms with Crippen molar-refractivity contribution in [2.75, 3.05) is 6.54 Å². The number of carbonyl (C=O) groups is 1. The lowest BCUT2D eigenvalue weighted by Gasteiger charge is -2.11. The molecule has 0 aliphatic rings. The monoisotopic (exact) mass is 296 g/mol. The molecule has 5 nitrogen and oxygen atoms in total.